The second-order valence-electron chi connectivity index (χ2n) is 13.0. The predicted octanol–water partition coefficient (Wildman–Crippen LogP) is -1.13. The normalized spacial score (nSPS) is 11.1. The molecule has 0 aliphatic rings. The predicted molar refractivity (Wildman–Crippen MR) is 199 cm³/mol. The van der Waals surface area contributed by atoms with Crippen molar-refractivity contribution >= 4 is 33.8 Å². The van der Waals surface area contributed by atoms with Gasteiger partial charge in [0.2, 0.25) is 0 Å². The average Bonchev–Trinajstić information content (AvgIpc) is 3.07. The summed E-state index contributed by atoms with van der Waals surface area (Å²) in [6.45, 7) is 9.93. The van der Waals surface area contributed by atoms with Gasteiger partial charge in [0.1, 0.15) is 11.9 Å². The number of carbonyl (C=O) groups excluding carboxylic acids is 1. The van der Waals surface area contributed by atoms with Crippen LogP contribution in [-0.4, -0.2) is 113 Å². The van der Waals surface area contributed by atoms with Crippen LogP contribution in [0.3, 0.4) is 0 Å². The van der Waals surface area contributed by atoms with Gasteiger partial charge in [-0.2, -0.15) is 21.9 Å². The Morgan fingerprint density at radius 1 is 0.471 bits per heavy atom. The number of hydrogen-bond donors (Lipinski definition) is 0. The van der Waals surface area contributed by atoms with Gasteiger partial charge in [-0.1, -0.05) is 121 Å². The van der Waals surface area contributed by atoms with Gasteiger partial charge < -0.3 is 24.4 Å². The fourth-order valence-electron chi connectivity index (χ4n) is 5.43. The maximum Gasteiger partial charge on any atom is 2.00 e. The van der Waals surface area contributed by atoms with Crippen LogP contribution in [0.5, 0.6) is 0 Å². The van der Waals surface area contributed by atoms with Gasteiger partial charge in [-0.05, 0) is 56.1 Å². The molecule has 0 spiro atoms. The molecule has 282 valence electrons. The summed E-state index contributed by atoms with van der Waals surface area (Å²) >= 11 is 0. The van der Waals surface area contributed by atoms with E-state index in [9.17, 15) is 4.79 Å². The van der Waals surface area contributed by atoms with Gasteiger partial charge in [-0.3, -0.25) is 0 Å². The van der Waals surface area contributed by atoms with Gasteiger partial charge >= 0.3 is 16.5 Å². The summed E-state index contributed by atoms with van der Waals surface area (Å²) in [5.41, 5.74) is 5.36. The number of nitrogens with zero attached hydrogens (tertiary/aromatic N) is 4. The molecule has 0 saturated carbocycles. The summed E-state index contributed by atoms with van der Waals surface area (Å²) in [4.78, 5) is 18.7. The summed E-state index contributed by atoms with van der Waals surface area (Å²) in [5.74, 6) is 0.167. The molecule has 0 radical (unpaired) electrons. The largest absolute Gasteiger partial charge is 2.00 e. The van der Waals surface area contributed by atoms with Crippen molar-refractivity contribution in [2.75, 3.05) is 81.6 Å². The third kappa shape index (κ3) is 20.6. The third-order valence-electron chi connectivity index (χ3n) is 7.92. The molecule has 12 heteroatoms. The van der Waals surface area contributed by atoms with Crippen LogP contribution in [0.15, 0.2) is 121 Å². The zero-order valence-electron chi connectivity index (χ0n) is 31.4. The minimum atomic E-state index is -4.94. The molecule has 0 aliphatic carbocycles. The summed E-state index contributed by atoms with van der Waals surface area (Å²) < 4.78 is 34.0. The minimum Gasteiger partial charge on any atom is -0.308 e. The van der Waals surface area contributed by atoms with Crippen molar-refractivity contribution in [1.82, 2.24) is 19.6 Å². The Hall–Kier alpha value is -2.92. The Kier molecular flexibility index (Phi) is 24.5. The first-order valence-corrected chi connectivity index (χ1v) is 17.9. The topological polar surface area (TPSA) is 122 Å². The summed E-state index contributed by atoms with van der Waals surface area (Å²) in [5, 5.41) is 0. The van der Waals surface area contributed by atoms with E-state index in [0.29, 0.717) is 0 Å². The molecule has 0 heterocycles. The molecule has 0 saturated heterocycles. The Morgan fingerprint density at radius 3 is 0.824 bits per heavy atom. The van der Waals surface area contributed by atoms with E-state index in [1.807, 2.05) is 0 Å². The molecular formula is C39H56BClN4NiO5. The second kappa shape index (κ2) is 25.9. The number of likely N-dealkylation sites (N-methyl/N-ethyl adjacent to an activating group) is 4. The van der Waals surface area contributed by atoms with E-state index in [2.05, 4.69) is 183 Å². The Balaban J connectivity index is 0.000000828. The Bertz CT molecular complexity index is 1250. The van der Waals surface area contributed by atoms with Crippen LogP contribution in [0.1, 0.15) is 13.8 Å². The van der Waals surface area contributed by atoms with E-state index in [4.69, 9.17) is 18.6 Å². The molecule has 0 fully saturated rings. The number of Topliss-reactive ketones (excluding diaryl/α,β-unsaturated/α-hetero) is 1. The van der Waals surface area contributed by atoms with E-state index < -0.39 is 16.4 Å². The quantitative estimate of drug-likeness (QED) is 0.156. The zero-order valence-corrected chi connectivity index (χ0v) is 33.1. The Morgan fingerprint density at radius 2 is 0.647 bits per heavy atom. The van der Waals surface area contributed by atoms with Crippen molar-refractivity contribution in [2.45, 2.75) is 13.8 Å². The molecule has 51 heavy (non-hydrogen) atoms. The van der Waals surface area contributed by atoms with Crippen LogP contribution < -0.4 is 40.5 Å². The monoisotopic (exact) mass is 764 g/mol. The number of rotatable bonds is 13. The molecule has 4 aromatic rings. The molecule has 0 unspecified atom stereocenters. The van der Waals surface area contributed by atoms with Crippen molar-refractivity contribution in [2.24, 2.45) is 0 Å². The van der Waals surface area contributed by atoms with E-state index in [-0.39, 0.29) is 22.3 Å². The SMILES string of the molecule is CC(C)=O.CN(C)CCN(C)CCN(C)CCN(C)C.[Ni+2].[O-][Cl+3]([O-])([O-])[O-].c1ccc([B-](c2ccccc2)(c2ccccc2)c2ccccc2)cc1. The fourth-order valence-corrected chi connectivity index (χ4v) is 5.43. The molecule has 4 rings (SSSR count). The van der Waals surface area contributed by atoms with Gasteiger partial charge in [0.05, 0.1) is 0 Å². The first-order valence-electron chi connectivity index (χ1n) is 16.7. The molecule has 0 bridgehead atoms. The first-order chi connectivity index (χ1) is 23.6. The van der Waals surface area contributed by atoms with Gasteiger partial charge in [0, 0.05) is 39.3 Å². The molecule has 0 amide bonds. The standard InChI is InChI=1S/C24H20B.C12H30N4.C3H6O.ClHO4.Ni/c1-5-13-21(14-6-1)25(22-15-7-2-8-16-22,23-17-9-3-10-18-23)24-19-11-4-12-20-24;1-13(2)7-9-15(5)11-12-16(6)10-8-14(3)4;1-3(2)4;2-1(3,4)5;/h1-20H;7-12H2,1-6H3;1-2H3;(H,2,3,4,5);/q-1;;;;+2/p-1. The van der Waals surface area contributed by atoms with E-state index in [1.54, 1.807) is 0 Å². The molecule has 0 aromatic heterocycles. The van der Waals surface area contributed by atoms with Crippen LogP contribution in [0.2, 0.25) is 0 Å². The second-order valence-corrected chi connectivity index (χ2v) is 13.8. The number of benzene rings is 4. The molecule has 0 atom stereocenters. The smallest absolute Gasteiger partial charge is 0.308 e. The number of halogens is 1. The van der Waals surface area contributed by atoms with E-state index in [1.165, 1.54) is 35.7 Å². The first kappa shape index (κ1) is 48.1. The third-order valence-corrected chi connectivity index (χ3v) is 7.92. The maximum absolute atomic E-state index is 9.44. The van der Waals surface area contributed by atoms with Crippen LogP contribution in [0.4, 0.5) is 0 Å². The molecule has 0 aliphatic heterocycles. The summed E-state index contributed by atoms with van der Waals surface area (Å²) in [7, 11) is 7.94. The van der Waals surface area contributed by atoms with Crippen molar-refractivity contribution in [3.8, 4) is 0 Å². The van der Waals surface area contributed by atoms with E-state index in [0.717, 1.165) is 39.3 Å². The van der Waals surface area contributed by atoms with Crippen LogP contribution in [-0.2, 0) is 21.3 Å². The van der Waals surface area contributed by atoms with Gasteiger partial charge in [-0.15, -0.1) is 10.2 Å². The Labute approximate surface area is 319 Å². The van der Waals surface area contributed by atoms with Crippen molar-refractivity contribution in [3.05, 3.63) is 121 Å². The van der Waals surface area contributed by atoms with Crippen LogP contribution in [0, 0.1) is 10.2 Å². The summed E-state index contributed by atoms with van der Waals surface area (Å²) in [6, 6.07) is 43.5. The maximum atomic E-state index is 9.44. The van der Waals surface area contributed by atoms with Crippen molar-refractivity contribution < 1.29 is 50.2 Å². The van der Waals surface area contributed by atoms with Gasteiger partial charge in [-0.25, -0.2) is 18.6 Å². The molecular weight excluding hydrogens is 709 g/mol. The van der Waals surface area contributed by atoms with Crippen molar-refractivity contribution in [3.63, 3.8) is 0 Å². The fraction of sp³-hybridized carbons (Fsp3) is 0.359. The molecule has 9 nitrogen and oxygen atoms in total. The van der Waals surface area contributed by atoms with Crippen molar-refractivity contribution in [1.29, 1.82) is 0 Å². The van der Waals surface area contributed by atoms with E-state index >= 15 is 0 Å². The minimum absolute atomic E-state index is 0. The molecule has 0 N–H and O–H groups in total. The van der Waals surface area contributed by atoms with Crippen LogP contribution in [0.25, 0.3) is 0 Å². The average molecular weight is 766 g/mol. The molecule has 4 aromatic carbocycles. The number of carbonyl (C=O) groups is 1. The number of ketones is 1. The summed E-state index contributed by atoms with van der Waals surface area (Å²) in [6.07, 6.45) is -1.22. The zero-order chi connectivity index (χ0) is 37.6. The number of hydrogen-bond acceptors (Lipinski definition) is 9. The van der Waals surface area contributed by atoms with Gasteiger partial charge in [0.15, 0.2) is 0 Å². The van der Waals surface area contributed by atoms with Gasteiger partial charge in [0.25, 0.3) is 0 Å². The van der Waals surface area contributed by atoms with Crippen LogP contribution >= 0.6 is 0 Å².